The second-order valence-corrected chi connectivity index (χ2v) is 10.7. The molecule has 0 saturated heterocycles. The molecule has 39 heavy (non-hydrogen) atoms. The molecule has 4 amide bonds. The molecule has 0 aromatic heterocycles. The number of carbonyl (C=O) groups excluding carboxylic acids is 4. The van der Waals surface area contributed by atoms with Crippen LogP contribution in [0, 0.1) is 13.8 Å². The monoisotopic (exact) mass is 538 g/mol. The lowest BCUT2D eigenvalue weighted by molar-refractivity contribution is -0.143. The number of carbonyl (C=O) groups is 4. The fourth-order valence-corrected chi connectivity index (χ4v) is 4.04. The van der Waals surface area contributed by atoms with Crippen molar-refractivity contribution in [3.8, 4) is 0 Å². The number of nitrogens with zero attached hydrogens (tertiary/aromatic N) is 1. The van der Waals surface area contributed by atoms with E-state index in [1.165, 1.54) is 4.90 Å². The zero-order valence-electron chi connectivity index (χ0n) is 23.9. The number of aryl methyl sites for hydroxylation is 2. The zero-order valence-corrected chi connectivity index (χ0v) is 23.9. The lowest BCUT2D eigenvalue weighted by Crippen LogP contribution is -2.54. The summed E-state index contributed by atoms with van der Waals surface area (Å²) in [5.41, 5.74) is 8.19. The summed E-state index contributed by atoms with van der Waals surface area (Å²) >= 11 is 0. The van der Waals surface area contributed by atoms with Crippen molar-refractivity contribution in [2.75, 3.05) is 6.54 Å². The van der Waals surface area contributed by atoms with Gasteiger partial charge >= 0.3 is 6.09 Å². The van der Waals surface area contributed by atoms with Crippen molar-refractivity contribution in [1.29, 1.82) is 0 Å². The maximum absolute atomic E-state index is 14.0. The molecule has 2 rings (SSSR count). The molecule has 9 heteroatoms. The third kappa shape index (κ3) is 10.1. The van der Waals surface area contributed by atoms with Gasteiger partial charge in [-0.05, 0) is 63.3 Å². The number of ether oxygens (including phenoxy) is 1. The van der Waals surface area contributed by atoms with Crippen molar-refractivity contribution in [2.45, 2.75) is 85.0 Å². The van der Waals surface area contributed by atoms with E-state index < -0.39 is 42.0 Å². The summed E-state index contributed by atoms with van der Waals surface area (Å²) in [6, 6.07) is 12.8. The van der Waals surface area contributed by atoms with Crippen LogP contribution < -0.4 is 16.4 Å². The number of rotatable bonds is 12. The Hall–Kier alpha value is -3.88. The van der Waals surface area contributed by atoms with Gasteiger partial charge in [0.25, 0.3) is 0 Å². The Morgan fingerprint density at radius 2 is 1.67 bits per heavy atom. The van der Waals surface area contributed by atoms with Crippen molar-refractivity contribution in [3.63, 3.8) is 0 Å². The average molecular weight is 539 g/mol. The molecule has 0 spiro atoms. The van der Waals surface area contributed by atoms with Crippen molar-refractivity contribution < 1.29 is 23.9 Å². The van der Waals surface area contributed by atoms with Crippen LogP contribution in [-0.2, 0) is 25.7 Å². The Labute approximate surface area is 231 Å². The molecule has 2 aromatic carbocycles. The van der Waals surface area contributed by atoms with Gasteiger partial charge in [0.15, 0.2) is 0 Å². The highest BCUT2D eigenvalue weighted by Crippen LogP contribution is 2.26. The molecule has 9 nitrogen and oxygen atoms in total. The fourth-order valence-electron chi connectivity index (χ4n) is 4.04. The SMILES string of the molecule is CCCCN(C(=O)C(CC(N)=O)NC(=O)OC(C)(C)C)C(C(=O)NCc1ccccc1)c1ccc(C)c(C)c1. The van der Waals surface area contributed by atoms with Gasteiger partial charge in [0.05, 0.1) is 6.42 Å². The summed E-state index contributed by atoms with van der Waals surface area (Å²) in [5.74, 6) is -1.73. The first-order valence-corrected chi connectivity index (χ1v) is 13.3. The van der Waals surface area contributed by atoms with Crippen LogP contribution in [0.1, 0.15) is 75.3 Å². The Morgan fingerprint density at radius 3 is 2.23 bits per heavy atom. The van der Waals surface area contributed by atoms with Crippen molar-refractivity contribution >= 4 is 23.8 Å². The molecule has 0 aliphatic carbocycles. The summed E-state index contributed by atoms with van der Waals surface area (Å²) in [6.45, 7) is 11.5. The average Bonchev–Trinajstić information content (AvgIpc) is 2.85. The van der Waals surface area contributed by atoms with Gasteiger partial charge in [0.2, 0.25) is 17.7 Å². The summed E-state index contributed by atoms with van der Waals surface area (Å²) in [4.78, 5) is 53.7. The molecular weight excluding hydrogens is 496 g/mol. The van der Waals surface area contributed by atoms with Crippen molar-refractivity contribution in [3.05, 3.63) is 70.8 Å². The topological polar surface area (TPSA) is 131 Å². The molecule has 2 atom stereocenters. The fraction of sp³-hybridized carbons (Fsp3) is 0.467. The van der Waals surface area contributed by atoms with E-state index in [4.69, 9.17) is 10.5 Å². The number of nitrogens with two attached hydrogens (primary N) is 1. The van der Waals surface area contributed by atoms with E-state index in [1.807, 2.05) is 69.3 Å². The minimum absolute atomic E-state index is 0.233. The first kappa shape index (κ1) is 31.3. The van der Waals surface area contributed by atoms with Crippen LogP contribution in [0.3, 0.4) is 0 Å². The van der Waals surface area contributed by atoms with Gasteiger partial charge in [-0.2, -0.15) is 0 Å². The number of primary amides is 1. The molecule has 2 unspecified atom stereocenters. The Kier molecular flexibility index (Phi) is 11.5. The molecule has 0 aliphatic rings. The third-order valence-corrected chi connectivity index (χ3v) is 6.15. The van der Waals surface area contributed by atoms with E-state index >= 15 is 0 Å². The van der Waals surface area contributed by atoms with E-state index in [1.54, 1.807) is 20.8 Å². The molecule has 0 fully saturated rings. The van der Waals surface area contributed by atoms with E-state index in [2.05, 4.69) is 10.6 Å². The van der Waals surface area contributed by atoms with Crippen LogP contribution in [0.5, 0.6) is 0 Å². The van der Waals surface area contributed by atoms with Gasteiger partial charge < -0.3 is 26.0 Å². The Balaban J connectivity index is 2.50. The minimum atomic E-state index is -1.30. The number of alkyl carbamates (subject to hydrolysis) is 1. The van der Waals surface area contributed by atoms with Gasteiger partial charge in [0.1, 0.15) is 17.7 Å². The van der Waals surface area contributed by atoms with Gasteiger partial charge in [-0.3, -0.25) is 14.4 Å². The molecule has 0 radical (unpaired) electrons. The van der Waals surface area contributed by atoms with Crippen LogP contribution in [-0.4, -0.2) is 46.9 Å². The number of hydrogen-bond acceptors (Lipinski definition) is 5. The van der Waals surface area contributed by atoms with Crippen molar-refractivity contribution in [2.24, 2.45) is 5.73 Å². The Bertz CT molecular complexity index is 1140. The van der Waals surface area contributed by atoms with Crippen molar-refractivity contribution in [1.82, 2.24) is 15.5 Å². The smallest absolute Gasteiger partial charge is 0.408 e. The summed E-state index contributed by atoms with van der Waals surface area (Å²) in [7, 11) is 0. The first-order chi connectivity index (χ1) is 18.3. The summed E-state index contributed by atoms with van der Waals surface area (Å²) < 4.78 is 5.32. The number of amides is 4. The van der Waals surface area contributed by atoms with Gasteiger partial charge in [-0.1, -0.05) is 61.9 Å². The molecule has 212 valence electrons. The van der Waals surface area contributed by atoms with Crippen LogP contribution in [0.15, 0.2) is 48.5 Å². The molecular formula is C30H42N4O5. The molecule has 0 bridgehead atoms. The van der Waals surface area contributed by atoms with Gasteiger partial charge in [-0.15, -0.1) is 0 Å². The molecule has 0 aliphatic heterocycles. The first-order valence-electron chi connectivity index (χ1n) is 13.3. The van der Waals surface area contributed by atoms with E-state index in [9.17, 15) is 19.2 Å². The maximum Gasteiger partial charge on any atom is 0.408 e. The summed E-state index contributed by atoms with van der Waals surface area (Å²) in [5, 5.41) is 5.46. The van der Waals surface area contributed by atoms with Crippen LogP contribution in [0.2, 0.25) is 0 Å². The highest BCUT2D eigenvalue weighted by atomic mass is 16.6. The van der Waals surface area contributed by atoms with Gasteiger partial charge in [0, 0.05) is 13.1 Å². The normalized spacial score (nSPS) is 12.7. The van der Waals surface area contributed by atoms with Crippen LogP contribution >= 0.6 is 0 Å². The lowest BCUT2D eigenvalue weighted by Gasteiger charge is -2.34. The minimum Gasteiger partial charge on any atom is -0.444 e. The Morgan fingerprint density at radius 1 is 1.00 bits per heavy atom. The van der Waals surface area contributed by atoms with E-state index in [-0.39, 0.29) is 19.0 Å². The second kappa shape index (κ2) is 14.3. The quantitative estimate of drug-likeness (QED) is 0.375. The molecule has 4 N–H and O–H groups in total. The lowest BCUT2D eigenvalue weighted by atomic mass is 9.97. The van der Waals surface area contributed by atoms with Crippen LogP contribution in [0.25, 0.3) is 0 Å². The highest BCUT2D eigenvalue weighted by molar-refractivity contribution is 5.94. The molecule has 2 aromatic rings. The second-order valence-electron chi connectivity index (χ2n) is 10.7. The number of benzene rings is 2. The largest absolute Gasteiger partial charge is 0.444 e. The maximum atomic E-state index is 14.0. The summed E-state index contributed by atoms with van der Waals surface area (Å²) in [6.07, 6.45) is 0.0734. The predicted octanol–water partition coefficient (Wildman–Crippen LogP) is 4.06. The third-order valence-electron chi connectivity index (χ3n) is 6.15. The number of hydrogen-bond donors (Lipinski definition) is 3. The predicted molar refractivity (Wildman–Crippen MR) is 151 cm³/mol. The number of nitrogens with one attached hydrogen (secondary N) is 2. The molecule has 0 saturated carbocycles. The standard InChI is InChI=1S/C30H42N4O5/c1-7-8-16-34(28(37)24(18-25(31)35)33-29(38)39-30(4,5)6)26(23-15-14-20(2)21(3)17-23)27(36)32-19-22-12-10-9-11-13-22/h9-15,17,24,26H,7-8,16,18-19H2,1-6H3,(H2,31,35)(H,32,36)(H,33,38). The van der Waals surface area contributed by atoms with E-state index in [0.717, 1.165) is 23.1 Å². The van der Waals surface area contributed by atoms with Crippen LogP contribution in [0.4, 0.5) is 4.79 Å². The zero-order chi connectivity index (χ0) is 29.2. The van der Waals surface area contributed by atoms with Gasteiger partial charge in [-0.25, -0.2) is 4.79 Å². The molecule has 0 heterocycles. The highest BCUT2D eigenvalue weighted by Gasteiger charge is 2.36. The number of unbranched alkanes of at least 4 members (excludes halogenated alkanes) is 1. The van der Waals surface area contributed by atoms with E-state index in [0.29, 0.717) is 12.0 Å².